The molecular formula is C13H22N2O. The van der Waals surface area contributed by atoms with E-state index in [1.807, 2.05) is 0 Å². The summed E-state index contributed by atoms with van der Waals surface area (Å²) in [7, 11) is 1.80. The first-order valence-electron chi connectivity index (χ1n) is 6.31. The molecule has 1 aliphatic heterocycles. The highest BCUT2D eigenvalue weighted by atomic mass is 16.5. The second-order valence-electron chi connectivity index (χ2n) is 5.69. The lowest BCUT2D eigenvalue weighted by Crippen LogP contribution is -2.57. The molecule has 2 rings (SSSR count). The minimum atomic E-state index is 0.288. The summed E-state index contributed by atoms with van der Waals surface area (Å²) < 4.78 is 5.30. The van der Waals surface area contributed by atoms with Crippen molar-refractivity contribution in [3.8, 4) is 6.07 Å². The number of nitrogens with zero attached hydrogens (tertiary/aromatic N) is 2. The summed E-state index contributed by atoms with van der Waals surface area (Å²) in [6, 6.07) is 3.08. The number of ether oxygens (including phenoxy) is 1. The van der Waals surface area contributed by atoms with Crippen LogP contribution in [-0.2, 0) is 4.74 Å². The molecule has 90 valence electrons. The van der Waals surface area contributed by atoms with Crippen molar-refractivity contribution in [2.75, 3.05) is 20.2 Å². The lowest BCUT2D eigenvalue weighted by atomic mass is 9.71. The number of rotatable bonds is 3. The van der Waals surface area contributed by atoms with Crippen LogP contribution in [0.4, 0.5) is 0 Å². The highest BCUT2D eigenvalue weighted by Gasteiger charge is 2.37. The van der Waals surface area contributed by atoms with E-state index >= 15 is 0 Å². The van der Waals surface area contributed by atoms with Gasteiger partial charge in [-0.05, 0) is 31.1 Å². The lowest BCUT2D eigenvalue weighted by molar-refractivity contribution is -0.0635. The van der Waals surface area contributed by atoms with Crippen molar-refractivity contribution in [2.45, 2.75) is 51.2 Å². The third-order valence-electron chi connectivity index (χ3n) is 4.39. The zero-order valence-electron chi connectivity index (χ0n) is 10.4. The summed E-state index contributed by atoms with van der Waals surface area (Å²) in [4.78, 5) is 2.54. The van der Waals surface area contributed by atoms with Gasteiger partial charge in [0, 0.05) is 32.7 Å². The Morgan fingerprint density at radius 3 is 2.50 bits per heavy atom. The van der Waals surface area contributed by atoms with Crippen LogP contribution in [0.3, 0.4) is 0 Å². The Hall–Kier alpha value is -0.590. The molecule has 1 aliphatic carbocycles. The Balaban J connectivity index is 1.76. The van der Waals surface area contributed by atoms with Crippen molar-refractivity contribution in [1.82, 2.24) is 4.90 Å². The summed E-state index contributed by atoms with van der Waals surface area (Å²) >= 11 is 0. The first-order valence-corrected chi connectivity index (χ1v) is 6.31. The molecule has 0 bridgehead atoms. The van der Waals surface area contributed by atoms with E-state index in [1.165, 1.54) is 25.7 Å². The van der Waals surface area contributed by atoms with Crippen molar-refractivity contribution in [3.05, 3.63) is 0 Å². The van der Waals surface area contributed by atoms with E-state index < -0.39 is 0 Å². The van der Waals surface area contributed by atoms with Crippen LogP contribution in [0, 0.1) is 16.7 Å². The van der Waals surface area contributed by atoms with Gasteiger partial charge in [0.2, 0.25) is 0 Å². The van der Waals surface area contributed by atoms with Crippen LogP contribution >= 0.6 is 0 Å². The Morgan fingerprint density at radius 1 is 1.38 bits per heavy atom. The van der Waals surface area contributed by atoms with Crippen molar-refractivity contribution < 1.29 is 4.74 Å². The minimum Gasteiger partial charge on any atom is -0.379 e. The van der Waals surface area contributed by atoms with Gasteiger partial charge in [0.25, 0.3) is 0 Å². The molecule has 1 heterocycles. The van der Waals surface area contributed by atoms with Crippen LogP contribution in [0.2, 0.25) is 0 Å². The Bertz CT molecular complexity index is 270. The molecule has 1 saturated heterocycles. The average Bonchev–Trinajstić information content (AvgIpc) is 2.20. The molecule has 3 heteroatoms. The highest BCUT2D eigenvalue weighted by Crippen LogP contribution is 2.40. The van der Waals surface area contributed by atoms with Crippen molar-refractivity contribution in [3.63, 3.8) is 0 Å². The van der Waals surface area contributed by atoms with E-state index in [0.717, 1.165) is 25.6 Å². The quantitative estimate of drug-likeness (QED) is 0.734. The Kier molecular flexibility index (Phi) is 3.51. The van der Waals surface area contributed by atoms with Crippen molar-refractivity contribution >= 4 is 0 Å². The van der Waals surface area contributed by atoms with Gasteiger partial charge in [-0.15, -0.1) is 0 Å². The van der Waals surface area contributed by atoms with Gasteiger partial charge < -0.3 is 4.74 Å². The maximum atomic E-state index is 8.81. The number of hydrogen-bond acceptors (Lipinski definition) is 3. The average molecular weight is 222 g/mol. The molecule has 0 radical (unpaired) electrons. The highest BCUT2D eigenvalue weighted by molar-refractivity contribution is 4.94. The van der Waals surface area contributed by atoms with Gasteiger partial charge in [-0.25, -0.2) is 0 Å². The van der Waals surface area contributed by atoms with Crippen LogP contribution in [0.25, 0.3) is 0 Å². The normalized spacial score (nSPS) is 36.7. The molecule has 0 unspecified atom stereocenters. The molecule has 0 aromatic heterocycles. The molecule has 0 spiro atoms. The first kappa shape index (κ1) is 11.9. The molecule has 2 aliphatic rings. The summed E-state index contributed by atoms with van der Waals surface area (Å²) in [5, 5.41) is 8.81. The third kappa shape index (κ3) is 2.39. The van der Waals surface area contributed by atoms with Gasteiger partial charge in [0.05, 0.1) is 12.2 Å². The molecule has 2 fully saturated rings. The smallest absolute Gasteiger partial charge is 0.0825 e. The Labute approximate surface area is 98.4 Å². The van der Waals surface area contributed by atoms with Crippen LogP contribution in [-0.4, -0.2) is 37.2 Å². The molecule has 16 heavy (non-hydrogen) atoms. The van der Waals surface area contributed by atoms with Crippen molar-refractivity contribution in [1.29, 1.82) is 5.26 Å². The molecule has 3 nitrogen and oxygen atoms in total. The summed E-state index contributed by atoms with van der Waals surface area (Å²) in [5.41, 5.74) is 0.288. The van der Waals surface area contributed by atoms with E-state index in [1.54, 1.807) is 7.11 Å². The van der Waals surface area contributed by atoms with E-state index in [2.05, 4.69) is 17.9 Å². The van der Waals surface area contributed by atoms with Crippen LogP contribution in [0.5, 0.6) is 0 Å². The van der Waals surface area contributed by atoms with Gasteiger partial charge >= 0.3 is 0 Å². The van der Waals surface area contributed by atoms with Crippen LogP contribution in [0.1, 0.15) is 39.0 Å². The zero-order valence-corrected chi connectivity index (χ0v) is 10.4. The fraction of sp³-hybridized carbons (Fsp3) is 0.923. The number of methoxy groups -OCH3 is 1. The van der Waals surface area contributed by atoms with Gasteiger partial charge in [0.15, 0.2) is 0 Å². The van der Waals surface area contributed by atoms with Crippen molar-refractivity contribution in [2.24, 2.45) is 5.41 Å². The predicted octanol–water partition coefficient (Wildman–Crippen LogP) is 2.18. The van der Waals surface area contributed by atoms with Gasteiger partial charge in [-0.1, -0.05) is 6.92 Å². The lowest BCUT2D eigenvalue weighted by Gasteiger charge is -2.47. The zero-order chi connectivity index (χ0) is 11.6. The second-order valence-corrected chi connectivity index (χ2v) is 5.69. The molecule has 0 N–H and O–H groups in total. The summed E-state index contributed by atoms with van der Waals surface area (Å²) in [5.74, 6) is 0. The molecule has 0 aromatic carbocycles. The number of nitriles is 1. The Morgan fingerprint density at radius 2 is 2.00 bits per heavy atom. The molecule has 0 atom stereocenters. The first-order chi connectivity index (χ1) is 7.67. The standard InChI is InChI=1S/C13H22N2O/c1-13(7-8-14)5-3-11(4-6-13)15-9-12(10-15)16-2/h11-12H,3-7,9-10H2,1-2H3/t11-,13-. The van der Waals surface area contributed by atoms with E-state index in [0.29, 0.717) is 6.10 Å². The fourth-order valence-electron chi connectivity index (χ4n) is 2.95. The second kappa shape index (κ2) is 4.73. The van der Waals surface area contributed by atoms with Gasteiger partial charge in [-0.3, -0.25) is 4.90 Å². The van der Waals surface area contributed by atoms with Crippen LogP contribution < -0.4 is 0 Å². The largest absolute Gasteiger partial charge is 0.379 e. The van der Waals surface area contributed by atoms with Crippen LogP contribution in [0.15, 0.2) is 0 Å². The van der Waals surface area contributed by atoms with Gasteiger partial charge in [0.1, 0.15) is 0 Å². The predicted molar refractivity (Wildman–Crippen MR) is 63.0 cm³/mol. The van der Waals surface area contributed by atoms with E-state index in [9.17, 15) is 0 Å². The topological polar surface area (TPSA) is 36.3 Å². The molecule has 1 saturated carbocycles. The summed E-state index contributed by atoms with van der Waals surface area (Å²) in [6.45, 7) is 4.48. The molecule has 0 aromatic rings. The monoisotopic (exact) mass is 222 g/mol. The third-order valence-corrected chi connectivity index (χ3v) is 4.39. The fourth-order valence-corrected chi connectivity index (χ4v) is 2.95. The molecular weight excluding hydrogens is 200 g/mol. The minimum absolute atomic E-state index is 0.288. The maximum absolute atomic E-state index is 8.81. The maximum Gasteiger partial charge on any atom is 0.0825 e. The number of hydrogen-bond donors (Lipinski definition) is 0. The molecule has 0 amide bonds. The van der Waals surface area contributed by atoms with Gasteiger partial charge in [-0.2, -0.15) is 5.26 Å². The SMILES string of the molecule is COC1CN([C@H]2CC[C@](C)(CC#N)CC2)C1. The summed E-state index contributed by atoms with van der Waals surface area (Å²) in [6.07, 6.45) is 6.12. The van der Waals surface area contributed by atoms with E-state index in [4.69, 9.17) is 10.00 Å². The number of likely N-dealkylation sites (tertiary alicyclic amines) is 1. The van der Waals surface area contributed by atoms with E-state index in [-0.39, 0.29) is 5.41 Å².